The molecule has 2 atom stereocenters. The molecular weight excluding hydrogens is 236 g/mol. The molecule has 2 saturated heterocycles. The van der Waals surface area contributed by atoms with Gasteiger partial charge in [0.05, 0.1) is 0 Å². The van der Waals surface area contributed by atoms with Gasteiger partial charge in [-0.15, -0.1) is 0 Å². The van der Waals surface area contributed by atoms with Crippen LogP contribution < -0.4 is 5.32 Å². The Kier molecular flexibility index (Phi) is 3.89. The highest BCUT2D eigenvalue weighted by Gasteiger charge is 2.35. The van der Waals surface area contributed by atoms with Crippen molar-refractivity contribution in [1.29, 1.82) is 0 Å². The molecule has 3 rings (SSSR count). The van der Waals surface area contributed by atoms with Gasteiger partial charge >= 0.3 is 0 Å². The highest BCUT2D eigenvalue weighted by atomic mass is 15.2. The molecule has 0 saturated carbocycles. The molecule has 3 heterocycles. The van der Waals surface area contributed by atoms with Crippen molar-refractivity contribution in [2.24, 2.45) is 0 Å². The second-order valence-electron chi connectivity index (χ2n) is 6.06. The Morgan fingerprint density at radius 1 is 1.37 bits per heavy atom. The summed E-state index contributed by atoms with van der Waals surface area (Å²) in [5, 5.41) is 3.74. The van der Waals surface area contributed by atoms with E-state index < -0.39 is 0 Å². The van der Waals surface area contributed by atoms with Gasteiger partial charge in [-0.1, -0.05) is 6.92 Å². The molecule has 0 aromatic carbocycles. The van der Waals surface area contributed by atoms with Crippen LogP contribution in [-0.4, -0.2) is 45.7 Å². The predicted octanol–water partition coefficient (Wildman–Crippen LogP) is 1.80. The van der Waals surface area contributed by atoms with Crippen molar-refractivity contribution in [3.8, 4) is 0 Å². The Balaban J connectivity index is 1.57. The van der Waals surface area contributed by atoms with Gasteiger partial charge in [-0.3, -0.25) is 4.90 Å². The zero-order valence-corrected chi connectivity index (χ0v) is 12.2. The van der Waals surface area contributed by atoms with Crippen molar-refractivity contribution in [1.82, 2.24) is 19.8 Å². The van der Waals surface area contributed by atoms with E-state index in [0.29, 0.717) is 0 Å². The number of fused-ring (bicyclic) bond motifs is 2. The van der Waals surface area contributed by atoms with Crippen molar-refractivity contribution in [3.05, 3.63) is 18.2 Å². The fourth-order valence-corrected chi connectivity index (χ4v) is 3.80. The molecule has 2 fully saturated rings. The summed E-state index contributed by atoms with van der Waals surface area (Å²) in [7, 11) is 0. The monoisotopic (exact) mass is 262 g/mol. The predicted molar refractivity (Wildman–Crippen MR) is 77.2 cm³/mol. The number of aromatic nitrogens is 2. The van der Waals surface area contributed by atoms with Crippen molar-refractivity contribution >= 4 is 0 Å². The van der Waals surface area contributed by atoms with E-state index in [0.717, 1.165) is 43.6 Å². The van der Waals surface area contributed by atoms with Gasteiger partial charge in [-0.2, -0.15) is 0 Å². The minimum absolute atomic E-state index is 0.785. The molecule has 2 aliphatic heterocycles. The smallest absolute Gasteiger partial charge is 0.105 e. The highest BCUT2D eigenvalue weighted by molar-refractivity contribution is 4.96. The van der Waals surface area contributed by atoms with Crippen LogP contribution in [0.4, 0.5) is 0 Å². The molecule has 19 heavy (non-hydrogen) atoms. The van der Waals surface area contributed by atoms with E-state index in [-0.39, 0.29) is 0 Å². The molecule has 106 valence electrons. The van der Waals surface area contributed by atoms with E-state index in [9.17, 15) is 0 Å². The molecule has 1 aromatic rings. The van der Waals surface area contributed by atoms with Gasteiger partial charge in [-0.05, 0) is 39.2 Å². The number of nitrogens with one attached hydrogen (secondary N) is 1. The number of aryl methyl sites for hydroxylation is 1. The van der Waals surface area contributed by atoms with E-state index in [4.69, 9.17) is 0 Å². The Morgan fingerprint density at radius 2 is 2.11 bits per heavy atom. The third-order valence-corrected chi connectivity index (χ3v) is 4.92. The molecule has 0 spiro atoms. The second kappa shape index (κ2) is 5.63. The average Bonchev–Trinajstić information content (AvgIpc) is 2.97. The molecule has 1 aromatic heterocycles. The normalized spacial score (nSPS) is 30.2. The van der Waals surface area contributed by atoms with Crippen LogP contribution in [0.3, 0.4) is 0 Å². The first-order valence-electron chi connectivity index (χ1n) is 7.74. The quantitative estimate of drug-likeness (QED) is 0.878. The van der Waals surface area contributed by atoms with Gasteiger partial charge in [0.25, 0.3) is 0 Å². The zero-order valence-electron chi connectivity index (χ0n) is 12.2. The lowest BCUT2D eigenvalue weighted by Crippen LogP contribution is -2.48. The van der Waals surface area contributed by atoms with Crippen molar-refractivity contribution in [3.63, 3.8) is 0 Å². The number of rotatable bonds is 5. The van der Waals surface area contributed by atoms with Gasteiger partial charge in [0.15, 0.2) is 0 Å². The third kappa shape index (κ3) is 2.84. The summed E-state index contributed by atoms with van der Waals surface area (Å²) in [5.41, 5.74) is 0. The summed E-state index contributed by atoms with van der Waals surface area (Å²) < 4.78 is 2.26. The Labute approximate surface area is 116 Å². The SMILES string of the molecule is CCN(CCn1ccnc1C)C1CC2CCC(C1)N2. The van der Waals surface area contributed by atoms with Gasteiger partial charge in [0.1, 0.15) is 5.82 Å². The number of hydrogen-bond acceptors (Lipinski definition) is 3. The Hall–Kier alpha value is -0.870. The molecule has 0 aliphatic carbocycles. The van der Waals surface area contributed by atoms with Crippen molar-refractivity contribution < 1.29 is 0 Å². The maximum absolute atomic E-state index is 4.30. The van der Waals surface area contributed by atoms with E-state index in [1.165, 1.54) is 25.7 Å². The van der Waals surface area contributed by atoms with E-state index in [2.05, 4.69) is 39.8 Å². The lowest BCUT2D eigenvalue weighted by molar-refractivity contribution is 0.143. The molecule has 4 nitrogen and oxygen atoms in total. The largest absolute Gasteiger partial charge is 0.334 e. The first kappa shape index (κ1) is 13.1. The first-order chi connectivity index (χ1) is 9.26. The Morgan fingerprint density at radius 3 is 2.68 bits per heavy atom. The number of imidazole rings is 1. The summed E-state index contributed by atoms with van der Waals surface area (Å²) in [6, 6.07) is 2.35. The summed E-state index contributed by atoms with van der Waals surface area (Å²) in [6.07, 6.45) is 9.45. The van der Waals surface area contributed by atoms with E-state index in [1.54, 1.807) is 0 Å². The average molecular weight is 262 g/mol. The number of likely N-dealkylation sites (N-methyl/N-ethyl adjacent to an activating group) is 1. The highest BCUT2D eigenvalue weighted by Crippen LogP contribution is 2.29. The summed E-state index contributed by atoms with van der Waals surface area (Å²) in [4.78, 5) is 6.97. The molecule has 0 amide bonds. The molecular formula is C15H26N4. The topological polar surface area (TPSA) is 33.1 Å². The van der Waals surface area contributed by atoms with Crippen LogP contribution in [0.15, 0.2) is 12.4 Å². The van der Waals surface area contributed by atoms with Crippen molar-refractivity contribution in [2.75, 3.05) is 13.1 Å². The molecule has 2 bridgehead atoms. The van der Waals surface area contributed by atoms with Crippen LogP contribution in [0.25, 0.3) is 0 Å². The maximum Gasteiger partial charge on any atom is 0.105 e. The van der Waals surface area contributed by atoms with Crippen LogP contribution in [0.2, 0.25) is 0 Å². The van der Waals surface area contributed by atoms with Crippen LogP contribution in [0, 0.1) is 6.92 Å². The zero-order chi connectivity index (χ0) is 13.2. The Bertz CT molecular complexity index is 402. The molecule has 1 N–H and O–H groups in total. The van der Waals surface area contributed by atoms with Crippen LogP contribution >= 0.6 is 0 Å². The number of nitrogens with zero attached hydrogens (tertiary/aromatic N) is 3. The van der Waals surface area contributed by atoms with E-state index in [1.807, 2.05) is 6.20 Å². The maximum atomic E-state index is 4.30. The fraction of sp³-hybridized carbons (Fsp3) is 0.800. The van der Waals surface area contributed by atoms with Gasteiger partial charge < -0.3 is 9.88 Å². The second-order valence-corrected chi connectivity index (χ2v) is 6.06. The van der Waals surface area contributed by atoms with Gasteiger partial charge in [-0.25, -0.2) is 4.98 Å². The van der Waals surface area contributed by atoms with Crippen LogP contribution in [0.1, 0.15) is 38.4 Å². The summed E-state index contributed by atoms with van der Waals surface area (Å²) in [6.45, 7) is 7.76. The minimum Gasteiger partial charge on any atom is -0.334 e. The minimum atomic E-state index is 0.785. The molecule has 0 radical (unpaired) electrons. The number of hydrogen-bond donors (Lipinski definition) is 1. The molecule has 2 unspecified atom stereocenters. The van der Waals surface area contributed by atoms with E-state index >= 15 is 0 Å². The first-order valence-corrected chi connectivity index (χ1v) is 7.74. The summed E-state index contributed by atoms with van der Waals surface area (Å²) in [5.74, 6) is 1.13. The lowest BCUT2D eigenvalue weighted by Gasteiger charge is -2.37. The van der Waals surface area contributed by atoms with Gasteiger partial charge in [0.2, 0.25) is 0 Å². The van der Waals surface area contributed by atoms with Crippen molar-refractivity contribution in [2.45, 2.75) is 64.2 Å². The fourth-order valence-electron chi connectivity index (χ4n) is 3.80. The molecule has 4 heteroatoms. The number of piperidine rings is 1. The summed E-state index contributed by atoms with van der Waals surface area (Å²) >= 11 is 0. The third-order valence-electron chi connectivity index (χ3n) is 4.92. The lowest BCUT2D eigenvalue weighted by atomic mass is 9.98. The van der Waals surface area contributed by atoms with Crippen LogP contribution in [0.5, 0.6) is 0 Å². The van der Waals surface area contributed by atoms with Crippen LogP contribution in [-0.2, 0) is 6.54 Å². The standard InChI is InChI=1S/C15H26N4/c1-3-18(8-9-19-7-6-16-12(19)2)15-10-13-4-5-14(11-15)17-13/h6-7,13-15,17H,3-5,8-11H2,1-2H3. The molecule has 2 aliphatic rings. The van der Waals surface area contributed by atoms with Gasteiger partial charge in [0, 0.05) is 43.6 Å².